The average Bonchev–Trinajstić information content (AvgIpc) is 2.67. The van der Waals surface area contributed by atoms with Crippen LogP contribution >= 0.6 is 0 Å². The lowest BCUT2D eigenvalue weighted by molar-refractivity contribution is 0.0740. The summed E-state index contributed by atoms with van der Waals surface area (Å²) in [6.07, 6.45) is 1.03. The number of aryl methyl sites for hydroxylation is 1. The second-order valence-electron chi connectivity index (χ2n) is 7.53. The Kier molecular flexibility index (Phi) is 6.44. The normalized spacial score (nSPS) is 14.5. The third-order valence-corrected chi connectivity index (χ3v) is 4.84. The smallest absolute Gasteiger partial charge is 0.272 e. The topological polar surface area (TPSA) is 61.4 Å². The van der Waals surface area contributed by atoms with Crippen LogP contribution in [-0.2, 0) is 0 Å². The second-order valence-corrected chi connectivity index (χ2v) is 7.53. The van der Waals surface area contributed by atoms with Gasteiger partial charge in [0.25, 0.3) is 5.91 Å². The van der Waals surface area contributed by atoms with Crippen molar-refractivity contribution in [1.29, 1.82) is 0 Å². The van der Waals surface area contributed by atoms with Gasteiger partial charge in [0.2, 0.25) is 0 Å². The van der Waals surface area contributed by atoms with E-state index in [0.29, 0.717) is 55.1 Å². The van der Waals surface area contributed by atoms with Crippen molar-refractivity contribution in [3.63, 3.8) is 0 Å². The number of hydrogen-bond acceptors (Lipinski definition) is 5. The molecule has 1 aliphatic heterocycles. The molecule has 1 aliphatic rings. The summed E-state index contributed by atoms with van der Waals surface area (Å²) in [5, 5.41) is 3.28. The Labute approximate surface area is 165 Å². The molecule has 0 aliphatic carbocycles. The maximum absolute atomic E-state index is 14.0. The molecule has 0 spiro atoms. The van der Waals surface area contributed by atoms with Crippen LogP contribution < -0.4 is 10.2 Å². The zero-order chi connectivity index (χ0) is 20.1. The highest BCUT2D eigenvalue weighted by atomic mass is 19.1. The van der Waals surface area contributed by atoms with Crippen LogP contribution in [0.2, 0.25) is 0 Å². The van der Waals surface area contributed by atoms with Crippen molar-refractivity contribution >= 4 is 17.4 Å². The van der Waals surface area contributed by atoms with Gasteiger partial charge in [-0.25, -0.2) is 14.4 Å². The lowest BCUT2D eigenvalue weighted by Gasteiger charge is -2.36. The molecule has 2 aromatic rings. The van der Waals surface area contributed by atoms with E-state index in [-0.39, 0.29) is 11.7 Å². The van der Waals surface area contributed by atoms with Gasteiger partial charge in [0, 0.05) is 38.8 Å². The van der Waals surface area contributed by atoms with E-state index in [1.54, 1.807) is 30.0 Å². The summed E-state index contributed by atoms with van der Waals surface area (Å²) in [4.78, 5) is 25.4. The predicted molar refractivity (Wildman–Crippen MR) is 109 cm³/mol. The van der Waals surface area contributed by atoms with Crippen LogP contribution in [0.3, 0.4) is 0 Å². The maximum atomic E-state index is 14.0. The summed E-state index contributed by atoms with van der Waals surface area (Å²) in [5.41, 5.74) is 0.989. The molecule has 1 saturated heterocycles. The van der Waals surface area contributed by atoms with Gasteiger partial charge in [-0.05, 0) is 31.4 Å². The maximum Gasteiger partial charge on any atom is 0.272 e. The summed E-state index contributed by atoms with van der Waals surface area (Å²) in [7, 11) is 0. The van der Waals surface area contributed by atoms with E-state index in [4.69, 9.17) is 0 Å². The number of amides is 1. The highest BCUT2D eigenvalue weighted by Gasteiger charge is 2.24. The minimum atomic E-state index is -0.231. The summed E-state index contributed by atoms with van der Waals surface area (Å²) < 4.78 is 14.0. The van der Waals surface area contributed by atoms with Gasteiger partial charge in [0.15, 0.2) is 0 Å². The lowest BCUT2D eigenvalue weighted by atomic mass is 10.1. The van der Waals surface area contributed by atoms with Crippen molar-refractivity contribution in [1.82, 2.24) is 14.9 Å². The van der Waals surface area contributed by atoms with Crippen molar-refractivity contribution < 1.29 is 9.18 Å². The van der Waals surface area contributed by atoms with E-state index in [2.05, 4.69) is 29.1 Å². The first kappa shape index (κ1) is 20.0. The molecule has 3 rings (SSSR count). The fourth-order valence-corrected chi connectivity index (χ4v) is 3.28. The van der Waals surface area contributed by atoms with Crippen LogP contribution in [0.5, 0.6) is 0 Å². The molecule has 1 aromatic carbocycles. The highest BCUT2D eigenvalue weighted by molar-refractivity contribution is 5.93. The minimum absolute atomic E-state index is 0.106. The van der Waals surface area contributed by atoms with Gasteiger partial charge >= 0.3 is 0 Å². The predicted octanol–water partition coefficient (Wildman–Crippen LogP) is 3.34. The molecule has 1 fully saturated rings. The van der Waals surface area contributed by atoms with Crippen molar-refractivity contribution in [3.05, 3.63) is 47.7 Å². The Morgan fingerprint density at radius 2 is 1.89 bits per heavy atom. The van der Waals surface area contributed by atoms with Crippen LogP contribution in [0.25, 0.3) is 0 Å². The van der Waals surface area contributed by atoms with E-state index in [1.165, 1.54) is 6.07 Å². The zero-order valence-corrected chi connectivity index (χ0v) is 16.8. The van der Waals surface area contributed by atoms with Crippen molar-refractivity contribution in [2.24, 2.45) is 5.92 Å². The van der Waals surface area contributed by atoms with E-state index in [1.807, 2.05) is 11.0 Å². The van der Waals surface area contributed by atoms with Crippen molar-refractivity contribution in [3.8, 4) is 0 Å². The van der Waals surface area contributed by atoms with E-state index in [0.717, 1.165) is 13.0 Å². The molecule has 28 heavy (non-hydrogen) atoms. The fraction of sp³-hybridized carbons (Fsp3) is 0.476. The summed E-state index contributed by atoms with van der Waals surface area (Å²) in [6, 6.07) is 8.47. The van der Waals surface area contributed by atoms with Crippen LogP contribution in [0.4, 0.5) is 15.9 Å². The summed E-state index contributed by atoms with van der Waals surface area (Å²) in [5.74, 6) is 1.52. The van der Waals surface area contributed by atoms with Gasteiger partial charge in [0.1, 0.15) is 23.2 Å². The molecule has 1 N–H and O–H groups in total. The molecule has 2 heterocycles. The third kappa shape index (κ3) is 4.97. The highest BCUT2D eigenvalue weighted by Crippen LogP contribution is 2.21. The SMILES string of the molecule is Cc1nc(NCCC(C)C)cc(C(=O)N2CCN(c3ccccc3F)CC2)n1. The molecule has 0 bridgehead atoms. The number of rotatable bonds is 6. The Balaban J connectivity index is 1.63. The first-order valence-corrected chi connectivity index (χ1v) is 9.82. The Hall–Kier alpha value is -2.70. The van der Waals surface area contributed by atoms with Crippen LogP contribution in [0.15, 0.2) is 30.3 Å². The number of nitrogens with one attached hydrogen (secondary N) is 1. The molecule has 0 unspecified atom stereocenters. The molecular formula is C21H28FN5O. The number of para-hydroxylation sites is 1. The van der Waals surface area contributed by atoms with Crippen molar-refractivity contribution in [2.75, 3.05) is 42.9 Å². The minimum Gasteiger partial charge on any atom is -0.370 e. The van der Waals surface area contributed by atoms with Crippen molar-refractivity contribution in [2.45, 2.75) is 27.2 Å². The number of aromatic nitrogens is 2. The average molecular weight is 385 g/mol. The van der Waals surface area contributed by atoms with E-state index in [9.17, 15) is 9.18 Å². The van der Waals surface area contributed by atoms with Gasteiger partial charge in [-0.15, -0.1) is 0 Å². The Bertz CT molecular complexity index is 818. The largest absolute Gasteiger partial charge is 0.370 e. The summed E-state index contributed by atoms with van der Waals surface area (Å²) in [6.45, 7) is 9.19. The van der Waals surface area contributed by atoms with Crippen LogP contribution in [0.1, 0.15) is 36.6 Å². The third-order valence-electron chi connectivity index (χ3n) is 4.84. The lowest BCUT2D eigenvalue weighted by Crippen LogP contribution is -2.49. The fourth-order valence-electron chi connectivity index (χ4n) is 3.28. The Morgan fingerprint density at radius 1 is 1.18 bits per heavy atom. The quantitative estimate of drug-likeness (QED) is 0.826. The molecule has 150 valence electrons. The number of hydrogen-bond donors (Lipinski definition) is 1. The number of piperazine rings is 1. The number of carbonyl (C=O) groups is 1. The molecule has 0 saturated carbocycles. The van der Waals surface area contributed by atoms with Gasteiger partial charge in [-0.3, -0.25) is 4.79 Å². The van der Waals surface area contributed by atoms with Gasteiger partial charge in [-0.1, -0.05) is 26.0 Å². The number of halogens is 1. The standard InChI is InChI=1S/C21H28FN5O/c1-15(2)8-9-23-20-14-18(24-16(3)25-20)21(28)27-12-10-26(11-13-27)19-7-5-4-6-17(19)22/h4-7,14-15H,8-13H2,1-3H3,(H,23,24,25). The number of carbonyl (C=O) groups excluding carboxylic acids is 1. The van der Waals surface area contributed by atoms with E-state index < -0.39 is 0 Å². The van der Waals surface area contributed by atoms with Gasteiger partial charge in [0.05, 0.1) is 5.69 Å². The van der Waals surface area contributed by atoms with Gasteiger partial charge in [-0.2, -0.15) is 0 Å². The first-order valence-electron chi connectivity index (χ1n) is 9.82. The number of anilines is 2. The second kappa shape index (κ2) is 8.99. The summed E-state index contributed by atoms with van der Waals surface area (Å²) >= 11 is 0. The molecular weight excluding hydrogens is 357 g/mol. The van der Waals surface area contributed by atoms with Crippen LogP contribution in [-0.4, -0.2) is 53.5 Å². The first-order chi connectivity index (χ1) is 13.4. The monoisotopic (exact) mass is 385 g/mol. The van der Waals surface area contributed by atoms with Crippen LogP contribution in [0, 0.1) is 18.7 Å². The Morgan fingerprint density at radius 3 is 2.57 bits per heavy atom. The van der Waals surface area contributed by atoms with Gasteiger partial charge < -0.3 is 15.1 Å². The molecule has 7 heteroatoms. The zero-order valence-electron chi connectivity index (χ0n) is 16.8. The molecule has 6 nitrogen and oxygen atoms in total. The molecule has 0 radical (unpaired) electrons. The number of benzene rings is 1. The number of nitrogens with zero attached hydrogens (tertiary/aromatic N) is 4. The molecule has 0 atom stereocenters. The molecule has 1 amide bonds. The molecule has 1 aromatic heterocycles. The van der Waals surface area contributed by atoms with E-state index >= 15 is 0 Å².